The van der Waals surface area contributed by atoms with Gasteiger partial charge in [0.2, 0.25) is 0 Å². The second-order valence-electron chi connectivity index (χ2n) is 5.56. The van der Waals surface area contributed by atoms with Gasteiger partial charge in [0.1, 0.15) is 0 Å². The Kier molecular flexibility index (Phi) is 5.80. The molecule has 0 spiro atoms. The number of rotatable bonds is 6. The molecule has 106 valence electrons. The lowest BCUT2D eigenvalue weighted by Gasteiger charge is -2.40. The van der Waals surface area contributed by atoms with Gasteiger partial charge < -0.3 is 5.32 Å². The third kappa shape index (κ3) is 4.29. The zero-order chi connectivity index (χ0) is 13.5. The lowest BCUT2D eigenvalue weighted by Crippen LogP contribution is -2.56. The van der Waals surface area contributed by atoms with Crippen LogP contribution in [0, 0.1) is 0 Å². The van der Waals surface area contributed by atoms with E-state index in [0.717, 1.165) is 13.0 Å². The van der Waals surface area contributed by atoms with Crippen LogP contribution in [0.3, 0.4) is 0 Å². The Morgan fingerprint density at radius 3 is 2.79 bits per heavy atom. The molecule has 2 heterocycles. The molecule has 0 radical (unpaired) electrons. The molecule has 1 N–H and O–H groups in total. The quantitative estimate of drug-likeness (QED) is 0.852. The smallest absolute Gasteiger partial charge is 0.0270 e. The molecule has 2 unspecified atom stereocenters. The summed E-state index contributed by atoms with van der Waals surface area (Å²) in [6, 6.07) is 5.65. The third-order valence-corrected chi connectivity index (χ3v) is 4.16. The Bertz CT molecular complexity index is 352. The summed E-state index contributed by atoms with van der Waals surface area (Å²) in [6.45, 7) is 8.10. The van der Waals surface area contributed by atoms with Crippen LogP contribution in [0.5, 0.6) is 0 Å². The maximum Gasteiger partial charge on any atom is 0.0270 e. The van der Waals surface area contributed by atoms with Crippen LogP contribution in [0.15, 0.2) is 24.5 Å². The Balaban J connectivity index is 1.87. The van der Waals surface area contributed by atoms with Crippen LogP contribution in [-0.4, -0.2) is 41.6 Å². The minimum absolute atomic E-state index is 0.685. The van der Waals surface area contributed by atoms with Crippen molar-refractivity contribution in [1.29, 1.82) is 0 Å². The molecule has 3 heteroatoms. The van der Waals surface area contributed by atoms with Gasteiger partial charge in [-0.2, -0.15) is 0 Å². The molecule has 0 aromatic carbocycles. The van der Waals surface area contributed by atoms with Gasteiger partial charge in [-0.1, -0.05) is 20.3 Å². The molecule has 1 saturated heterocycles. The fraction of sp³-hybridized carbons (Fsp3) is 0.688. The van der Waals surface area contributed by atoms with Gasteiger partial charge in [-0.15, -0.1) is 0 Å². The standard InChI is InChI=1S/C16H27N3/c1-3-5-15-13-19(16(4-2)12-18-15)11-8-14-6-9-17-10-7-14/h6-7,9-10,15-16,18H,3-5,8,11-13H2,1-2H3. The molecule has 1 aromatic heterocycles. The lowest BCUT2D eigenvalue weighted by molar-refractivity contribution is 0.124. The summed E-state index contributed by atoms with van der Waals surface area (Å²) in [5, 5.41) is 3.70. The van der Waals surface area contributed by atoms with Crippen LogP contribution in [0.2, 0.25) is 0 Å². The SMILES string of the molecule is CCCC1CN(CCc2ccncc2)C(CC)CN1. The predicted octanol–water partition coefficient (Wildman–Crippen LogP) is 2.48. The Morgan fingerprint density at radius 2 is 2.11 bits per heavy atom. The minimum atomic E-state index is 0.685. The van der Waals surface area contributed by atoms with Gasteiger partial charge in [0, 0.05) is 44.1 Å². The average Bonchev–Trinajstić information content (AvgIpc) is 2.47. The maximum absolute atomic E-state index is 4.08. The molecule has 2 rings (SSSR count). The first kappa shape index (κ1) is 14.5. The minimum Gasteiger partial charge on any atom is -0.311 e. The summed E-state index contributed by atoms with van der Waals surface area (Å²) in [7, 11) is 0. The fourth-order valence-corrected chi connectivity index (χ4v) is 2.97. The van der Waals surface area contributed by atoms with Crippen molar-refractivity contribution in [2.45, 2.75) is 51.6 Å². The van der Waals surface area contributed by atoms with Crippen molar-refractivity contribution >= 4 is 0 Å². The highest BCUT2D eigenvalue weighted by atomic mass is 15.2. The number of piperazine rings is 1. The number of pyridine rings is 1. The molecule has 0 bridgehead atoms. The van der Waals surface area contributed by atoms with Gasteiger partial charge >= 0.3 is 0 Å². The highest BCUT2D eigenvalue weighted by molar-refractivity contribution is 5.10. The predicted molar refractivity (Wildman–Crippen MR) is 80.3 cm³/mol. The van der Waals surface area contributed by atoms with Gasteiger partial charge in [-0.3, -0.25) is 9.88 Å². The Labute approximate surface area is 117 Å². The molecule has 0 aliphatic carbocycles. The van der Waals surface area contributed by atoms with E-state index in [2.05, 4.69) is 41.2 Å². The average molecular weight is 261 g/mol. The summed E-state index contributed by atoms with van der Waals surface area (Å²) in [6.07, 6.45) is 8.73. The van der Waals surface area contributed by atoms with Gasteiger partial charge in [0.05, 0.1) is 0 Å². The molecule has 3 nitrogen and oxygen atoms in total. The molecular formula is C16H27N3. The van der Waals surface area contributed by atoms with Gasteiger partial charge in [-0.25, -0.2) is 0 Å². The van der Waals surface area contributed by atoms with Crippen LogP contribution >= 0.6 is 0 Å². The topological polar surface area (TPSA) is 28.2 Å². The molecule has 1 aliphatic rings. The molecule has 2 atom stereocenters. The van der Waals surface area contributed by atoms with Crippen molar-refractivity contribution in [2.75, 3.05) is 19.6 Å². The zero-order valence-electron chi connectivity index (χ0n) is 12.3. The van der Waals surface area contributed by atoms with E-state index in [0.29, 0.717) is 12.1 Å². The van der Waals surface area contributed by atoms with Gasteiger partial charge in [0.15, 0.2) is 0 Å². The monoisotopic (exact) mass is 261 g/mol. The third-order valence-electron chi connectivity index (χ3n) is 4.16. The first-order valence-electron chi connectivity index (χ1n) is 7.69. The van der Waals surface area contributed by atoms with Crippen LogP contribution in [0.1, 0.15) is 38.7 Å². The van der Waals surface area contributed by atoms with E-state index >= 15 is 0 Å². The van der Waals surface area contributed by atoms with E-state index in [-0.39, 0.29) is 0 Å². The van der Waals surface area contributed by atoms with E-state index < -0.39 is 0 Å². The number of aromatic nitrogens is 1. The van der Waals surface area contributed by atoms with E-state index in [9.17, 15) is 0 Å². The molecule has 0 amide bonds. The van der Waals surface area contributed by atoms with Crippen LogP contribution < -0.4 is 5.32 Å². The van der Waals surface area contributed by atoms with Crippen molar-refractivity contribution in [2.24, 2.45) is 0 Å². The molecular weight excluding hydrogens is 234 g/mol. The first-order chi connectivity index (χ1) is 9.33. The van der Waals surface area contributed by atoms with Crippen molar-refractivity contribution in [3.63, 3.8) is 0 Å². The van der Waals surface area contributed by atoms with Crippen LogP contribution in [0.4, 0.5) is 0 Å². The Hall–Kier alpha value is -0.930. The molecule has 19 heavy (non-hydrogen) atoms. The lowest BCUT2D eigenvalue weighted by atomic mass is 10.0. The molecule has 0 saturated carbocycles. The molecule has 1 aromatic rings. The van der Waals surface area contributed by atoms with Gasteiger partial charge in [-0.05, 0) is 37.0 Å². The summed E-state index contributed by atoms with van der Waals surface area (Å²) in [4.78, 5) is 6.76. The molecule has 1 aliphatic heterocycles. The zero-order valence-corrected chi connectivity index (χ0v) is 12.3. The van der Waals surface area contributed by atoms with Crippen molar-refractivity contribution in [1.82, 2.24) is 15.2 Å². The van der Waals surface area contributed by atoms with Crippen molar-refractivity contribution in [3.05, 3.63) is 30.1 Å². The largest absolute Gasteiger partial charge is 0.311 e. The summed E-state index contributed by atoms with van der Waals surface area (Å²) >= 11 is 0. The number of nitrogens with zero attached hydrogens (tertiary/aromatic N) is 2. The van der Waals surface area contributed by atoms with E-state index in [1.165, 1.54) is 37.9 Å². The normalized spacial score (nSPS) is 24.5. The first-order valence-corrected chi connectivity index (χ1v) is 7.69. The number of nitrogens with one attached hydrogen (secondary N) is 1. The maximum atomic E-state index is 4.08. The van der Waals surface area contributed by atoms with Crippen LogP contribution in [-0.2, 0) is 6.42 Å². The second-order valence-corrected chi connectivity index (χ2v) is 5.56. The van der Waals surface area contributed by atoms with Crippen LogP contribution in [0.25, 0.3) is 0 Å². The number of hydrogen-bond acceptors (Lipinski definition) is 3. The number of hydrogen-bond donors (Lipinski definition) is 1. The fourth-order valence-electron chi connectivity index (χ4n) is 2.97. The molecule has 1 fully saturated rings. The van der Waals surface area contributed by atoms with E-state index in [1.54, 1.807) is 0 Å². The van der Waals surface area contributed by atoms with Crippen molar-refractivity contribution < 1.29 is 0 Å². The van der Waals surface area contributed by atoms with E-state index in [1.807, 2.05) is 12.4 Å². The highest BCUT2D eigenvalue weighted by Crippen LogP contribution is 2.14. The summed E-state index contributed by atoms with van der Waals surface area (Å²) < 4.78 is 0. The van der Waals surface area contributed by atoms with E-state index in [4.69, 9.17) is 0 Å². The Morgan fingerprint density at radius 1 is 1.32 bits per heavy atom. The van der Waals surface area contributed by atoms with Gasteiger partial charge in [0.25, 0.3) is 0 Å². The second kappa shape index (κ2) is 7.61. The highest BCUT2D eigenvalue weighted by Gasteiger charge is 2.25. The summed E-state index contributed by atoms with van der Waals surface area (Å²) in [5.41, 5.74) is 1.40. The summed E-state index contributed by atoms with van der Waals surface area (Å²) in [5.74, 6) is 0. The van der Waals surface area contributed by atoms with Crippen molar-refractivity contribution in [3.8, 4) is 0 Å².